The van der Waals surface area contributed by atoms with Crippen molar-refractivity contribution in [2.75, 3.05) is 37.0 Å². The first-order chi connectivity index (χ1) is 9.52. The first-order valence-electron chi connectivity index (χ1n) is 6.13. The summed E-state index contributed by atoms with van der Waals surface area (Å²) in [5.74, 6) is 0.781. The smallest absolute Gasteiger partial charge is 0.292 e. The van der Waals surface area contributed by atoms with Crippen molar-refractivity contribution >= 4 is 28.1 Å². The summed E-state index contributed by atoms with van der Waals surface area (Å²) in [7, 11) is 0.725. The molecule has 20 heavy (non-hydrogen) atoms. The topological polar surface area (TPSA) is 92.6 Å². The van der Waals surface area contributed by atoms with Gasteiger partial charge in [-0.15, -0.1) is 0 Å². The Morgan fingerprint density at radius 2 is 2.05 bits per heavy atom. The van der Waals surface area contributed by atoms with Crippen molar-refractivity contribution in [3.05, 3.63) is 33.9 Å². The molecule has 1 saturated heterocycles. The van der Waals surface area contributed by atoms with Crippen LogP contribution in [0.1, 0.15) is 10.4 Å². The Balaban J connectivity index is 2.22. The second-order valence-electron chi connectivity index (χ2n) is 4.38. The third-order valence-corrected chi connectivity index (χ3v) is 4.45. The van der Waals surface area contributed by atoms with Crippen molar-refractivity contribution in [3.8, 4) is 0 Å². The SMILES string of the molecule is CNc1cc(C(=O)N2CCS(=O)CC2)ccc1[N+](=O)[O-]. The molecule has 108 valence electrons. The number of hydrogen-bond acceptors (Lipinski definition) is 5. The molecule has 1 heterocycles. The fraction of sp³-hybridized carbons (Fsp3) is 0.417. The monoisotopic (exact) mass is 297 g/mol. The van der Waals surface area contributed by atoms with Crippen molar-refractivity contribution in [3.63, 3.8) is 0 Å². The van der Waals surface area contributed by atoms with Crippen LogP contribution in [0.15, 0.2) is 18.2 Å². The molecule has 7 nitrogen and oxygen atoms in total. The van der Waals surface area contributed by atoms with E-state index in [4.69, 9.17) is 0 Å². The molecule has 2 rings (SSSR count). The van der Waals surface area contributed by atoms with Gasteiger partial charge in [-0.1, -0.05) is 0 Å². The summed E-state index contributed by atoms with van der Waals surface area (Å²) in [5, 5.41) is 13.6. The summed E-state index contributed by atoms with van der Waals surface area (Å²) in [6.07, 6.45) is 0. The van der Waals surface area contributed by atoms with Crippen LogP contribution in [0.4, 0.5) is 11.4 Å². The number of nitrogens with one attached hydrogen (secondary N) is 1. The zero-order chi connectivity index (χ0) is 14.7. The largest absolute Gasteiger partial charge is 0.383 e. The summed E-state index contributed by atoms with van der Waals surface area (Å²) >= 11 is 0. The molecule has 0 bridgehead atoms. The van der Waals surface area contributed by atoms with E-state index in [9.17, 15) is 19.1 Å². The van der Waals surface area contributed by atoms with Gasteiger partial charge in [0.15, 0.2) is 0 Å². The number of rotatable bonds is 3. The van der Waals surface area contributed by atoms with Crippen LogP contribution in [0.25, 0.3) is 0 Å². The van der Waals surface area contributed by atoms with E-state index in [1.165, 1.54) is 18.2 Å². The van der Waals surface area contributed by atoms with Gasteiger partial charge >= 0.3 is 0 Å². The van der Waals surface area contributed by atoms with Gasteiger partial charge in [-0.3, -0.25) is 19.1 Å². The lowest BCUT2D eigenvalue weighted by Gasteiger charge is -2.26. The van der Waals surface area contributed by atoms with E-state index in [1.54, 1.807) is 11.9 Å². The lowest BCUT2D eigenvalue weighted by atomic mass is 10.1. The molecule has 0 aromatic heterocycles. The maximum Gasteiger partial charge on any atom is 0.292 e. The predicted molar refractivity (Wildman–Crippen MR) is 76.4 cm³/mol. The Hall–Kier alpha value is -1.96. The van der Waals surface area contributed by atoms with E-state index < -0.39 is 15.7 Å². The number of nitro benzene ring substituents is 1. The highest BCUT2D eigenvalue weighted by atomic mass is 32.2. The molecule has 0 aliphatic carbocycles. The Morgan fingerprint density at radius 3 is 2.60 bits per heavy atom. The molecule has 8 heteroatoms. The van der Waals surface area contributed by atoms with Crippen molar-refractivity contribution in [2.24, 2.45) is 0 Å². The van der Waals surface area contributed by atoms with Gasteiger partial charge in [0, 0.05) is 54.1 Å². The quantitative estimate of drug-likeness (QED) is 0.659. The fourth-order valence-electron chi connectivity index (χ4n) is 2.05. The van der Waals surface area contributed by atoms with Gasteiger partial charge in [-0.05, 0) is 12.1 Å². The molecule has 1 aromatic rings. The number of benzene rings is 1. The van der Waals surface area contributed by atoms with Gasteiger partial charge in [0.1, 0.15) is 5.69 Å². The summed E-state index contributed by atoms with van der Waals surface area (Å²) in [6, 6.07) is 4.25. The van der Waals surface area contributed by atoms with Crippen molar-refractivity contribution < 1.29 is 13.9 Å². The van der Waals surface area contributed by atoms with Gasteiger partial charge in [-0.25, -0.2) is 0 Å². The zero-order valence-electron chi connectivity index (χ0n) is 11.0. The first-order valence-corrected chi connectivity index (χ1v) is 7.62. The van der Waals surface area contributed by atoms with E-state index in [0.29, 0.717) is 35.8 Å². The molecule has 1 N–H and O–H groups in total. The molecule has 0 radical (unpaired) electrons. The molecule has 1 aliphatic heterocycles. The number of nitro groups is 1. The fourth-order valence-corrected chi connectivity index (χ4v) is 3.10. The minimum absolute atomic E-state index is 0.0659. The Labute approximate surface area is 118 Å². The molecular weight excluding hydrogens is 282 g/mol. The minimum Gasteiger partial charge on any atom is -0.383 e. The van der Waals surface area contributed by atoms with Gasteiger partial charge < -0.3 is 10.2 Å². The third kappa shape index (κ3) is 2.96. The van der Waals surface area contributed by atoms with Crippen LogP contribution >= 0.6 is 0 Å². The highest BCUT2D eigenvalue weighted by Crippen LogP contribution is 2.25. The standard InChI is InChI=1S/C12H15N3O4S/c1-13-10-8-9(2-3-11(10)15(17)18)12(16)14-4-6-20(19)7-5-14/h2-3,8,13H,4-7H2,1H3. The van der Waals surface area contributed by atoms with Crippen LogP contribution in [-0.4, -0.2) is 51.6 Å². The van der Waals surface area contributed by atoms with Crippen LogP contribution in [0.3, 0.4) is 0 Å². The second kappa shape index (κ2) is 6.00. The molecule has 0 atom stereocenters. The summed E-state index contributed by atoms with van der Waals surface area (Å²) < 4.78 is 11.3. The Morgan fingerprint density at radius 1 is 1.40 bits per heavy atom. The second-order valence-corrected chi connectivity index (χ2v) is 6.08. The van der Waals surface area contributed by atoms with E-state index in [-0.39, 0.29) is 11.6 Å². The zero-order valence-corrected chi connectivity index (χ0v) is 11.8. The maximum atomic E-state index is 12.3. The number of carbonyl (C=O) groups is 1. The Bertz CT molecular complexity index is 566. The molecule has 1 aromatic carbocycles. The lowest BCUT2D eigenvalue weighted by Crippen LogP contribution is -2.41. The average Bonchev–Trinajstić information content (AvgIpc) is 2.46. The van der Waals surface area contributed by atoms with Gasteiger partial charge in [0.2, 0.25) is 0 Å². The molecule has 1 amide bonds. The molecule has 1 aliphatic rings. The Kier molecular flexibility index (Phi) is 4.33. The van der Waals surface area contributed by atoms with Crippen LogP contribution in [-0.2, 0) is 10.8 Å². The number of hydrogen-bond donors (Lipinski definition) is 1. The highest BCUT2D eigenvalue weighted by molar-refractivity contribution is 7.85. The lowest BCUT2D eigenvalue weighted by molar-refractivity contribution is -0.383. The summed E-state index contributed by atoms with van der Waals surface area (Å²) in [5.41, 5.74) is 0.637. The van der Waals surface area contributed by atoms with Gasteiger partial charge in [0.05, 0.1) is 4.92 Å². The van der Waals surface area contributed by atoms with E-state index >= 15 is 0 Å². The molecule has 0 spiro atoms. The number of amides is 1. The first kappa shape index (κ1) is 14.4. The van der Waals surface area contributed by atoms with Crippen molar-refractivity contribution in [1.82, 2.24) is 4.90 Å². The van der Waals surface area contributed by atoms with Crippen LogP contribution in [0.5, 0.6) is 0 Å². The van der Waals surface area contributed by atoms with E-state index in [2.05, 4.69) is 5.32 Å². The number of carbonyl (C=O) groups excluding carboxylic acids is 1. The highest BCUT2D eigenvalue weighted by Gasteiger charge is 2.23. The average molecular weight is 297 g/mol. The van der Waals surface area contributed by atoms with Crippen LogP contribution in [0.2, 0.25) is 0 Å². The van der Waals surface area contributed by atoms with Crippen LogP contribution < -0.4 is 5.32 Å². The van der Waals surface area contributed by atoms with Crippen molar-refractivity contribution in [1.29, 1.82) is 0 Å². The van der Waals surface area contributed by atoms with Gasteiger partial charge in [0.25, 0.3) is 11.6 Å². The van der Waals surface area contributed by atoms with Crippen molar-refractivity contribution in [2.45, 2.75) is 0 Å². The van der Waals surface area contributed by atoms with E-state index in [0.717, 1.165) is 0 Å². The van der Waals surface area contributed by atoms with Crippen LogP contribution in [0, 0.1) is 10.1 Å². The third-order valence-electron chi connectivity index (χ3n) is 3.17. The minimum atomic E-state index is -0.845. The number of nitrogens with zero attached hydrogens (tertiary/aromatic N) is 2. The summed E-state index contributed by atoms with van der Waals surface area (Å²) in [6.45, 7) is 0.911. The van der Waals surface area contributed by atoms with E-state index in [1.807, 2.05) is 0 Å². The van der Waals surface area contributed by atoms with Gasteiger partial charge in [-0.2, -0.15) is 0 Å². The molecule has 1 fully saturated rings. The molecular formula is C12H15N3O4S. The molecule has 0 unspecified atom stereocenters. The number of anilines is 1. The normalized spacial score (nSPS) is 15.9. The molecule has 0 saturated carbocycles. The summed E-state index contributed by atoms with van der Waals surface area (Å²) in [4.78, 5) is 24.3. The predicted octanol–water partition coefficient (Wildman–Crippen LogP) is 0.841. The maximum absolute atomic E-state index is 12.3.